The van der Waals surface area contributed by atoms with Crippen LogP contribution >= 0.6 is 0 Å². The third-order valence-electron chi connectivity index (χ3n) is 2.59. The molecule has 2 aliphatic rings. The molecule has 7 heteroatoms. The Balaban J connectivity index is 2.22. The molecule has 0 aliphatic carbocycles. The lowest BCUT2D eigenvalue weighted by molar-refractivity contribution is -0.138. The molecule has 0 amide bonds. The number of carboxylic acid groups (broad SMARTS) is 1. The molecule has 7 nitrogen and oxygen atoms in total. The number of aliphatic imine (C=N–C) groups is 4. The molecule has 0 aromatic heterocycles. The molecule has 2 atom stereocenters. The first-order valence-corrected chi connectivity index (χ1v) is 5.77. The van der Waals surface area contributed by atoms with Gasteiger partial charge in [-0.1, -0.05) is 13.8 Å². The molecule has 0 bridgehead atoms. The van der Waals surface area contributed by atoms with Crippen LogP contribution in [0, 0.1) is 5.92 Å². The average Bonchev–Trinajstić information content (AvgIpc) is 2.76. The Bertz CT molecular complexity index is 464. The van der Waals surface area contributed by atoms with Crippen LogP contribution in [-0.4, -0.2) is 47.5 Å². The largest absolute Gasteiger partial charge is 0.480 e. The lowest BCUT2D eigenvalue weighted by Crippen LogP contribution is -2.41. The number of hydrogen-bond acceptors (Lipinski definition) is 5. The van der Waals surface area contributed by atoms with Crippen molar-refractivity contribution in [3.05, 3.63) is 0 Å². The monoisotopic (exact) mass is 249 g/mol. The highest BCUT2D eigenvalue weighted by molar-refractivity contribution is 6.21. The summed E-state index contributed by atoms with van der Waals surface area (Å²) in [5.74, 6) is 0.346. The Morgan fingerprint density at radius 2 is 2.39 bits per heavy atom. The SMILES string of the molecule is CC(C)CC(N=C1N=CNC2=NC=NC12)C(=O)O. The summed E-state index contributed by atoms with van der Waals surface area (Å²) in [5, 5.41) is 12.0. The van der Waals surface area contributed by atoms with Crippen molar-refractivity contribution in [2.45, 2.75) is 32.4 Å². The van der Waals surface area contributed by atoms with E-state index in [1.807, 2.05) is 13.8 Å². The number of aliphatic carboxylic acids is 1. The first kappa shape index (κ1) is 12.4. The number of nitrogens with zero attached hydrogens (tertiary/aromatic N) is 4. The van der Waals surface area contributed by atoms with Gasteiger partial charge in [-0.05, 0) is 12.3 Å². The molecule has 2 heterocycles. The lowest BCUT2D eigenvalue weighted by Gasteiger charge is -2.17. The fourth-order valence-electron chi connectivity index (χ4n) is 1.76. The summed E-state index contributed by atoms with van der Waals surface area (Å²) in [7, 11) is 0. The van der Waals surface area contributed by atoms with Gasteiger partial charge in [-0.2, -0.15) is 0 Å². The zero-order valence-electron chi connectivity index (χ0n) is 10.2. The summed E-state index contributed by atoms with van der Waals surface area (Å²) < 4.78 is 0. The van der Waals surface area contributed by atoms with Crippen molar-refractivity contribution in [2.75, 3.05) is 0 Å². The molecule has 0 radical (unpaired) electrons. The van der Waals surface area contributed by atoms with E-state index in [4.69, 9.17) is 5.11 Å². The molecule has 96 valence electrons. The van der Waals surface area contributed by atoms with Gasteiger partial charge in [-0.3, -0.25) is 9.98 Å². The third-order valence-corrected chi connectivity index (χ3v) is 2.59. The summed E-state index contributed by atoms with van der Waals surface area (Å²) in [5.41, 5.74) is 0. The molecule has 18 heavy (non-hydrogen) atoms. The first-order chi connectivity index (χ1) is 8.58. The van der Waals surface area contributed by atoms with Crippen molar-refractivity contribution in [1.82, 2.24) is 5.32 Å². The first-order valence-electron chi connectivity index (χ1n) is 5.77. The van der Waals surface area contributed by atoms with Crippen LogP contribution in [0.4, 0.5) is 0 Å². The molecule has 0 saturated heterocycles. The molecular weight excluding hydrogens is 234 g/mol. The van der Waals surface area contributed by atoms with Crippen molar-refractivity contribution < 1.29 is 9.90 Å². The summed E-state index contributed by atoms with van der Waals surface area (Å²) in [4.78, 5) is 27.5. The number of carbonyl (C=O) groups is 1. The topological polar surface area (TPSA) is 98.8 Å². The molecule has 2 unspecified atom stereocenters. The quantitative estimate of drug-likeness (QED) is 0.750. The van der Waals surface area contributed by atoms with Gasteiger partial charge in [0, 0.05) is 0 Å². The van der Waals surface area contributed by atoms with Crippen LogP contribution < -0.4 is 5.32 Å². The second-order valence-electron chi connectivity index (χ2n) is 4.55. The Morgan fingerprint density at radius 1 is 1.61 bits per heavy atom. The van der Waals surface area contributed by atoms with Gasteiger partial charge in [0.2, 0.25) is 0 Å². The molecule has 0 aromatic carbocycles. The Kier molecular flexibility index (Phi) is 3.50. The van der Waals surface area contributed by atoms with Gasteiger partial charge in [-0.25, -0.2) is 14.8 Å². The van der Waals surface area contributed by atoms with Crippen molar-refractivity contribution in [1.29, 1.82) is 0 Å². The van der Waals surface area contributed by atoms with Crippen LogP contribution in [0.25, 0.3) is 0 Å². The van der Waals surface area contributed by atoms with E-state index >= 15 is 0 Å². The number of fused-ring (bicyclic) bond motifs is 1. The maximum Gasteiger partial charge on any atom is 0.328 e. The summed E-state index contributed by atoms with van der Waals surface area (Å²) in [6.07, 6.45) is 3.36. The molecule has 0 fully saturated rings. The van der Waals surface area contributed by atoms with Crippen molar-refractivity contribution in [2.24, 2.45) is 25.9 Å². The average molecular weight is 249 g/mol. The van der Waals surface area contributed by atoms with Crippen LogP contribution in [-0.2, 0) is 4.79 Å². The van der Waals surface area contributed by atoms with E-state index in [0.717, 1.165) is 0 Å². The molecule has 2 N–H and O–H groups in total. The summed E-state index contributed by atoms with van der Waals surface area (Å²) in [6, 6.07) is -1.17. The number of hydrogen-bond donors (Lipinski definition) is 2. The van der Waals surface area contributed by atoms with E-state index in [9.17, 15) is 4.79 Å². The zero-order chi connectivity index (χ0) is 13.1. The molecule has 0 aromatic rings. The highest BCUT2D eigenvalue weighted by Gasteiger charge is 2.28. The highest BCUT2D eigenvalue weighted by atomic mass is 16.4. The molecular formula is C11H15N5O2. The van der Waals surface area contributed by atoms with Crippen molar-refractivity contribution in [3.63, 3.8) is 0 Å². The summed E-state index contributed by atoms with van der Waals surface area (Å²) >= 11 is 0. The van der Waals surface area contributed by atoms with Gasteiger partial charge < -0.3 is 10.4 Å². The van der Waals surface area contributed by atoms with Crippen LogP contribution in [0.1, 0.15) is 20.3 Å². The number of rotatable bonds is 4. The smallest absolute Gasteiger partial charge is 0.328 e. The number of amidine groups is 2. The molecule has 2 rings (SSSR count). The van der Waals surface area contributed by atoms with E-state index in [-0.39, 0.29) is 12.0 Å². The van der Waals surface area contributed by atoms with Crippen LogP contribution in [0.2, 0.25) is 0 Å². The highest BCUT2D eigenvalue weighted by Crippen LogP contribution is 2.13. The molecule has 0 spiro atoms. The fraction of sp³-hybridized carbons (Fsp3) is 0.545. The predicted octanol–water partition coefficient (Wildman–Crippen LogP) is 0.325. The minimum atomic E-state index is -0.939. The second-order valence-corrected chi connectivity index (χ2v) is 4.55. The Labute approximate surface area is 104 Å². The lowest BCUT2D eigenvalue weighted by atomic mass is 10.0. The fourth-order valence-corrected chi connectivity index (χ4v) is 1.76. The second kappa shape index (κ2) is 5.07. The molecule has 2 aliphatic heterocycles. The van der Waals surface area contributed by atoms with E-state index < -0.39 is 12.0 Å². The van der Waals surface area contributed by atoms with Crippen molar-refractivity contribution >= 4 is 30.3 Å². The van der Waals surface area contributed by atoms with Crippen LogP contribution in [0.15, 0.2) is 20.0 Å². The Morgan fingerprint density at radius 3 is 3.06 bits per heavy atom. The third kappa shape index (κ3) is 2.61. The standard InChI is InChI=1S/C11H15N5O2/c1-6(2)3-7(11(17)18)16-10-8-9(13-4-12-8)14-5-15-10/h4-8H,3H2,1-2H3,(H,17,18)(H,12,13,14,15,16). The van der Waals surface area contributed by atoms with E-state index in [0.29, 0.717) is 18.1 Å². The maximum absolute atomic E-state index is 11.2. The van der Waals surface area contributed by atoms with Gasteiger partial charge in [0.15, 0.2) is 11.9 Å². The van der Waals surface area contributed by atoms with Gasteiger partial charge in [0.05, 0.1) is 6.34 Å². The Hall–Kier alpha value is -2.05. The van der Waals surface area contributed by atoms with Gasteiger partial charge in [0.25, 0.3) is 0 Å². The van der Waals surface area contributed by atoms with Crippen molar-refractivity contribution in [3.8, 4) is 0 Å². The van der Waals surface area contributed by atoms with Gasteiger partial charge >= 0.3 is 5.97 Å². The van der Waals surface area contributed by atoms with E-state index in [1.165, 1.54) is 12.7 Å². The van der Waals surface area contributed by atoms with Crippen LogP contribution in [0.5, 0.6) is 0 Å². The number of nitrogens with one attached hydrogen (secondary N) is 1. The predicted molar refractivity (Wildman–Crippen MR) is 69.7 cm³/mol. The molecule has 0 saturated carbocycles. The van der Waals surface area contributed by atoms with Crippen LogP contribution in [0.3, 0.4) is 0 Å². The number of carboxylic acids is 1. The minimum absolute atomic E-state index is 0.251. The van der Waals surface area contributed by atoms with Gasteiger partial charge in [-0.15, -0.1) is 0 Å². The van der Waals surface area contributed by atoms with Gasteiger partial charge in [0.1, 0.15) is 18.2 Å². The van der Waals surface area contributed by atoms with E-state index in [1.54, 1.807) is 0 Å². The minimum Gasteiger partial charge on any atom is -0.480 e. The normalized spacial score (nSPS) is 24.9. The van der Waals surface area contributed by atoms with E-state index in [2.05, 4.69) is 25.3 Å². The summed E-state index contributed by atoms with van der Waals surface area (Å²) in [6.45, 7) is 3.92. The maximum atomic E-state index is 11.2. The zero-order valence-corrected chi connectivity index (χ0v) is 10.2.